The molecule has 0 aliphatic carbocycles. The molecule has 4 rings (SSSR count). The molecule has 0 amide bonds. The highest BCUT2D eigenvalue weighted by atomic mass is 16.5. The number of hydrogen-bond donors (Lipinski definition) is 1. The van der Waals surface area contributed by atoms with E-state index >= 15 is 0 Å². The molecule has 2 aromatic heterocycles. The van der Waals surface area contributed by atoms with E-state index in [0.29, 0.717) is 35.5 Å². The standard InChI is InChI=1S/C23H23N3O4/c1-25-23(28)22-19(24-25)12-21(27)26(13-17-9-6-10-18(11-17)29-2)20(22)15-30-14-16-7-4-3-5-8-16/h3-12,24H,13-15H2,1-2H3. The van der Waals surface area contributed by atoms with Crippen molar-refractivity contribution >= 4 is 10.9 Å². The summed E-state index contributed by atoms with van der Waals surface area (Å²) in [5.41, 5.74) is 2.58. The number of nitrogens with one attached hydrogen (secondary N) is 1. The normalized spacial score (nSPS) is 11.1. The maximum Gasteiger partial charge on any atom is 0.275 e. The highest BCUT2D eigenvalue weighted by molar-refractivity contribution is 5.80. The van der Waals surface area contributed by atoms with Gasteiger partial charge in [0.15, 0.2) is 0 Å². The Balaban J connectivity index is 1.74. The van der Waals surface area contributed by atoms with E-state index in [2.05, 4.69) is 5.10 Å². The lowest BCUT2D eigenvalue weighted by molar-refractivity contribution is 0.103. The van der Waals surface area contributed by atoms with E-state index in [0.717, 1.165) is 11.1 Å². The van der Waals surface area contributed by atoms with Crippen molar-refractivity contribution in [2.24, 2.45) is 7.05 Å². The van der Waals surface area contributed by atoms with Crippen LogP contribution in [0.3, 0.4) is 0 Å². The van der Waals surface area contributed by atoms with Gasteiger partial charge in [0.05, 0.1) is 43.5 Å². The lowest BCUT2D eigenvalue weighted by Gasteiger charge is -2.15. The number of benzene rings is 2. The zero-order chi connectivity index (χ0) is 21.1. The van der Waals surface area contributed by atoms with Crippen LogP contribution in [-0.2, 0) is 31.5 Å². The average molecular weight is 405 g/mol. The average Bonchev–Trinajstić information content (AvgIpc) is 3.04. The molecule has 0 spiro atoms. The molecule has 7 nitrogen and oxygen atoms in total. The molecule has 0 aliphatic heterocycles. The van der Waals surface area contributed by atoms with Gasteiger partial charge in [0.1, 0.15) is 5.75 Å². The molecule has 0 aliphatic rings. The third-order valence-electron chi connectivity index (χ3n) is 5.05. The Hall–Kier alpha value is -3.58. The van der Waals surface area contributed by atoms with E-state index in [1.54, 1.807) is 18.7 Å². The Morgan fingerprint density at radius 2 is 1.70 bits per heavy atom. The SMILES string of the molecule is COc1cccc(Cn2c(COCc3ccccc3)c3c(=O)n(C)[nH]c3cc2=O)c1. The van der Waals surface area contributed by atoms with Crippen molar-refractivity contribution in [3.8, 4) is 5.75 Å². The minimum absolute atomic E-state index is 0.137. The van der Waals surface area contributed by atoms with Gasteiger partial charge in [-0.25, -0.2) is 0 Å². The van der Waals surface area contributed by atoms with Crippen LogP contribution in [0.15, 0.2) is 70.3 Å². The van der Waals surface area contributed by atoms with Gasteiger partial charge in [-0.15, -0.1) is 0 Å². The maximum atomic E-state index is 12.9. The highest BCUT2D eigenvalue weighted by Gasteiger charge is 2.17. The van der Waals surface area contributed by atoms with Crippen LogP contribution in [0.5, 0.6) is 5.75 Å². The van der Waals surface area contributed by atoms with E-state index in [9.17, 15) is 9.59 Å². The molecule has 0 atom stereocenters. The van der Waals surface area contributed by atoms with Crippen molar-refractivity contribution in [2.45, 2.75) is 19.8 Å². The minimum Gasteiger partial charge on any atom is -0.497 e. The molecule has 7 heteroatoms. The number of fused-ring (bicyclic) bond motifs is 1. The molecular formula is C23H23N3O4. The smallest absolute Gasteiger partial charge is 0.275 e. The Morgan fingerprint density at radius 1 is 0.933 bits per heavy atom. The molecular weight excluding hydrogens is 382 g/mol. The second-order valence-corrected chi connectivity index (χ2v) is 7.11. The van der Waals surface area contributed by atoms with E-state index in [1.165, 1.54) is 10.7 Å². The van der Waals surface area contributed by atoms with Crippen molar-refractivity contribution in [3.63, 3.8) is 0 Å². The number of aromatic nitrogens is 3. The molecule has 154 valence electrons. The molecule has 0 saturated heterocycles. The predicted molar refractivity (Wildman–Crippen MR) is 115 cm³/mol. The first-order valence-corrected chi connectivity index (χ1v) is 9.63. The van der Waals surface area contributed by atoms with Crippen molar-refractivity contribution in [1.82, 2.24) is 14.3 Å². The van der Waals surface area contributed by atoms with Crippen molar-refractivity contribution in [2.75, 3.05) is 7.11 Å². The second-order valence-electron chi connectivity index (χ2n) is 7.11. The van der Waals surface area contributed by atoms with Crippen LogP contribution in [0.1, 0.15) is 16.8 Å². The summed E-state index contributed by atoms with van der Waals surface area (Å²) in [5.74, 6) is 0.709. The maximum absolute atomic E-state index is 12.9. The molecule has 4 aromatic rings. The lowest BCUT2D eigenvalue weighted by Crippen LogP contribution is -2.26. The summed E-state index contributed by atoms with van der Waals surface area (Å²) < 4.78 is 14.2. The van der Waals surface area contributed by atoms with Crippen LogP contribution in [0.2, 0.25) is 0 Å². The first-order chi connectivity index (χ1) is 14.6. The van der Waals surface area contributed by atoms with Crippen molar-refractivity contribution in [1.29, 1.82) is 0 Å². The number of methoxy groups -OCH3 is 1. The van der Waals surface area contributed by atoms with Crippen LogP contribution in [-0.4, -0.2) is 21.5 Å². The third-order valence-corrected chi connectivity index (χ3v) is 5.05. The van der Waals surface area contributed by atoms with E-state index in [4.69, 9.17) is 9.47 Å². The summed E-state index contributed by atoms with van der Waals surface area (Å²) in [4.78, 5) is 25.7. The summed E-state index contributed by atoms with van der Waals surface area (Å²) in [6.07, 6.45) is 0. The quantitative estimate of drug-likeness (QED) is 0.513. The summed E-state index contributed by atoms with van der Waals surface area (Å²) in [6, 6.07) is 18.7. The summed E-state index contributed by atoms with van der Waals surface area (Å²) >= 11 is 0. The number of hydrogen-bond acceptors (Lipinski definition) is 4. The van der Waals surface area contributed by atoms with Gasteiger partial charge in [0.25, 0.3) is 11.1 Å². The Bertz CT molecular complexity index is 1290. The fourth-order valence-electron chi connectivity index (χ4n) is 3.54. The summed E-state index contributed by atoms with van der Waals surface area (Å²) in [6.45, 7) is 0.832. The van der Waals surface area contributed by atoms with Gasteiger partial charge in [0, 0.05) is 13.1 Å². The number of rotatable bonds is 7. The van der Waals surface area contributed by atoms with Gasteiger partial charge in [-0.2, -0.15) is 0 Å². The molecule has 2 aromatic carbocycles. The van der Waals surface area contributed by atoms with Gasteiger partial charge in [-0.05, 0) is 23.3 Å². The van der Waals surface area contributed by atoms with Crippen LogP contribution in [0, 0.1) is 0 Å². The van der Waals surface area contributed by atoms with Gasteiger partial charge < -0.3 is 14.0 Å². The van der Waals surface area contributed by atoms with Crippen molar-refractivity contribution in [3.05, 3.63) is 98.2 Å². The number of nitrogens with zero attached hydrogens (tertiary/aromatic N) is 2. The highest BCUT2D eigenvalue weighted by Crippen LogP contribution is 2.18. The topological polar surface area (TPSA) is 78.2 Å². The predicted octanol–water partition coefficient (Wildman–Crippen LogP) is 2.80. The fraction of sp³-hybridized carbons (Fsp3) is 0.217. The van der Waals surface area contributed by atoms with Gasteiger partial charge in [0.2, 0.25) is 0 Å². The third kappa shape index (κ3) is 3.92. The van der Waals surface area contributed by atoms with Crippen molar-refractivity contribution < 1.29 is 9.47 Å². The van der Waals surface area contributed by atoms with E-state index < -0.39 is 0 Å². The first-order valence-electron chi connectivity index (χ1n) is 9.63. The molecule has 0 fully saturated rings. The Morgan fingerprint density at radius 3 is 2.47 bits per heavy atom. The van der Waals surface area contributed by atoms with Gasteiger partial charge in [-0.1, -0.05) is 42.5 Å². The monoisotopic (exact) mass is 405 g/mol. The fourth-order valence-corrected chi connectivity index (χ4v) is 3.54. The van der Waals surface area contributed by atoms with E-state index in [-0.39, 0.29) is 17.7 Å². The Kier molecular flexibility index (Phi) is 5.54. The summed E-state index contributed by atoms with van der Waals surface area (Å²) in [7, 11) is 3.23. The zero-order valence-electron chi connectivity index (χ0n) is 16.9. The first kappa shape index (κ1) is 19.7. The van der Waals surface area contributed by atoms with E-state index in [1.807, 2.05) is 54.6 Å². The molecule has 30 heavy (non-hydrogen) atoms. The molecule has 1 N–H and O–H groups in total. The number of ether oxygens (including phenoxy) is 2. The number of H-pyrrole nitrogens is 1. The number of aromatic amines is 1. The molecule has 2 heterocycles. The zero-order valence-corrected chi connectivity index (χ0v) is 16.9. The number of pyridine rings is 1. The number of aryl methyl sites for hydroxylation is 1. The molecule has 0 radical (unpaired) electrons. The Labute approximate surface area is 173 Å². The van der Waals surface area contributed by atoms with Crippen LogP contribution in [0.25, 0.3) is 10.9 Å². The second kappa shape index (κ2) is 8.42. The van der Waals surface area contributed by atoms with Crippen LogP contribution >= 0.6 is 0 Å². The molecule has 0 saturated carbocycles. The lowest BCUT2D eigenvalue weighted by atomic mass is 10.1. The minimum atomic E-state index is -0.203. The van der Waals surface area contributed by atoms with Crippen LogP contribution in [0.4, 0.5) is 0 Å². The molecule has 0 bridgehead atoms. The van der Waals surface area contributed by atoms with Gasteiger partial charge >= 0.3 is 0 Å². The molecule has 0 unspecified atom stereocenters. The van der Waals surface area contributed by atoms with Gasteiger partial charge in [-0.3, -0.25) is 19.4 Å². The summed E-state index contributed by atoms with van der Waals surface area (Å²) in [5, 5.41) is 3.41. The largest absolute Gasteiger partial charge is 0.497 e. The van der Waals surface area contributed by atoms with Crippen LogP contribution < -0.4 is 15.9 Å².